The van der Waals surface area contributed by atoms with Crippen LogP contribution in [0.4, 0.5) is 5.69 Å². The van der Waals surface area contributed by atoms with Gasteiger partial charge >= 0.3 is 5.97 Å². The van der Waals surface area contributed by atoms with Gasteiger partial charge < -0.3 is 15.8 Å². The molecule has 126 valence electrons. The summed E-state index contributed by atoms with van der Waals surface area (Å²) in [6.45, 7) is 5.98. The molecular weight excluding hydrogens is 292 g/mol. The molecule has 0 saturated heterocycles. The van der Waals surface area contributed by atoms with Crippen LogP contribution in [-0.2, 0) is 9.53 Å². The summed E-state index contributed by atoms with van der Waals surface area (Å²) >= 11 is 0. The standard InChI is InChI=1S/C18H26N2O3/c1-11-5-4-6-16(13(11)3)20-17(21)10-23-18(22)14-8-7-12(2)15(19)9-14/h7-9,11,13,16H,4-6,10,19H2,1-3H3,(H,20,21)/t11-,13-,16-/m0/s1. The lowest BCUT2D eigenvalue weighted by atomic mass is 9.78. The lowest BCUT2D eigenvalue weighted by Gasteiger charge is -2.34. The molecule has 0 heterocycles. The highest BCUT2D eigenvalue weighted by Crippen LogP contribution is 2.29. The van der Waals surface area contributed by atoms with E-state index in [-0.39, 0.29) is 18.6 Å². The molecule has 5 nitrogen and oxygen atoms in total. The second-order valence-electron chi connectivity index (χ2n) is 6.59. The summed E-state index contributed by atoms with van der Waals surface area (Å²) in [7, 11) is 0. The molecule has 0 bridgehead atoms. The van der Waals surface area contributed by atoms with Gasteiger partial charge in [0.25, 0.3) is 5.91 Å². The average molecular weight is 318 g/mol. The highest BCUT2D eigenvalue weighted by atomic mass is 16.5. The van der Waals surface area contributed by atoms with Crippen LogP contribution >= 0.6 is 0 Å². The van der Waals surface area contributed by atoms with Gasteiger partial charge in [-0.15, -0.1) is 0 Å². The molecule has 1 aliphatic carbocycles. The molecule has 23 heavy (non-hydrogen) atoms. The lowest BCUT2D eigenvalue weighted by Crippen LogP contribution is -2.45. The summed E-state index contributed by atoms with van der Waals surface area (Å²) in [5.74, 6) is 0.272. The molecule has 0 unspecified atom stereocenters. The molecule has 0 radical (unpaired) electrons. The van der Waals surface area contributed by atoms with Crippen LogP contribution in [0.2, 0.25) is 0 Å². The first-order valence-electron chi connectivity index (χ1n) is 8.21. The van der Waals surface area contributed by atoms with Crippen LogP contribution < -0.4 is 11.1 Å². The first kappa shape index (κ1) is 17.3. The number of nitrogen functional groups attached to an aromatic ring is 1. The van der Waals surface area contributed by atoms with Crippen LogP contribution in [0, 0.1) is 18.8 Å². The second-order valence-corrected chi connectivity index (χ2v) is 6.59. The Bertz CT molecular complexity index is 586. The number of aryl methyl sites for hydroxylation is 1. The van der Waals surface area contributed by atoms with Gasteiger partial charge in [0.2, 0.25) is 0 Å². The van der Waals surface area contributed by atoms with Crippen molar-refractivity contribution in [2.75, 3.05) is 12.3 Å². The van der Waals surface area contributed by atoms with Crippen LogP contribution in [0.15, 0.2) is 18.2 Å². The SMILES string of the molecule is Cc1ccc(C(=O)OCC(=O)N[C@H]2CCC[C@H](C)[C@@H]2C)cc1N. The maximum absolute atomic E-state index is 12.0. The molecule has 3 atom stereocenters. The number of nitrogens with two attached hydrogens (primary N) is 1. The van der Waals surface area contributed by atoms with Crippen molar-refractivity contribution >= 4 is 17.6 Å². The molecule has 0 spiro atoms. The number of carbonyl (C=O) groups excluding carboxylic acids is 2. The van der Waals surface area contributed by atoms with Gasteiger partial charge in [-0.25, -0.2) is 4.79 Å². The van der Waals surface area contributed by atoms with E-state index in [4.69, 9.17) is 10.5 Å². The maximum atomic E-state index is 12.0. The summed E-state index contributed by atoms with van der Waals surface area (Å²) in [5, 5.41) is 2.99. The van der Waals surface area contributed by atoms with Gasteiger partial charge in [0.1, 0.15) is 0 Å². The highest BCUT2D eigenvalue weighted by molar-refractivity contribution is 5.92. The first-order chi connectivity index (χ1) is 10.9. The van der Waals surface area contributed by atoms with E-state index in [0.717, 1.165) is 18.4 Å². The van der Waals surface area contributed by atoms with Crippen molar-refractivity contribution < 1.29 is 14.3 Å². The Morgan fingerprint density at radius 3 is 2.74 bits per heavy atom. The van der Waals surface area contributed by atoms with Crippen LogP contribution in [0.5, 0.6) is 0 Å². The molecule has 2 rings (SSSR count). The topological polar surface area (TPSA) is 81.4 Å². The fourth-order valence-electron chi connectivity index (χ4n) is 3.02. The Labute approximate surface area is 137 Å². The Hall–Kier alpha value is -2.04. The minimum atomic E-state index is -0.531. The molecular formula is C18H26N2O3. The van der Waals surface area contributed by atoms with Crippen LogP contribution in [0.3, 0.4) is 0 Å². The van der Waals surface area contributed by atoms with E-state index >= 15 is 0 Å². The predicted molar refractivity (Wildman–Crippen MR) is 90.0 cm³/mol. The van der Waals surface area contributed by atoms with Crippen molar-refractivity contribution in [3.05, 3.63) is 29.3 Å². The quantitative estimate of drug-likeness (QED) is 0.660. The number of esters is 1. The molecule has 1 saturated carbocycles. The zero-order valence-electron chi connectivity index (χ0n) is 14.1. The van der Waals surface area contributed by atoms with Crippen molar-refractivity contribution in [2.24, 2.45) is 11.8 Å². The summed E-state index contributed by atoms with van der Waals surface area (Å²) < 4.78 is 5.08. The van der Waals surface area contributed by atoms with E-state index in [1.807, 2.05) is 6.92 Å². The summed E-state index contributed by atoms with van der Waals surface area (Å²) in [6, 6.07) is 5.15. The Kier molecular flexibility index (Phi) is 5.64. The van der Waals surface area contributed by atoms with E-state index in [2.05, 4.69) is 19.2 Å². The Morgan fingerprint density at radius 2 is 2.04 bits per heavy atom. The number of rotatable bonds is 4. The predicted octanol–water partition coefficient (Wildman–Crippen LogP) is 2.67. The van der Waals surface area contributed by atoms with Crippen molar-refractivity contribution in [2.45, 2.75) is 46.1 Å². The maximum Gasteiger partial charge on any atom is 0.338 e. The van der Waals surface area contributed by atoms with E-state index in [1.165, 1.54) is 6.42 Å². The van der Waals surface area contributed by atoms with Crippen LogP contribution in [-0.4, -0.2) is 24.5 Å². The van der Waals surface area contributed by atoms with E-state index in [1.54, 1.807) is 18.2 Å². The molecule has 1 fully saturated rings. The van der Waals surface area contributed by atoms with Gasteiger partial charge in [0.15, 0.2) is 6.61 Å². The number of anilines is 1. The summed E-state index contributed by atoms with van der Waals surface area (Å²) in [5.41, 5.74) is 7.58. The number of hydrogen-bond acceptors (Lipinski definition) is 4. The number of nitrogens with one attached hydrogen (secondary N) is 1. The van der Waals surface area contributed by atoms with Crippen molar-refractivity contribution in [3.8, 4) is 0 Å². The van der Waals surface area contributed by atoms with E-state index in [9.17, 15) is 9.59 Å². The number of hydrogen-bond donors (Lipinski definition) is 2. The van der Waals surface area contributed by atoms with Crippen molar-refractivity contribution in [3.63, 3.8) is 0 Å². The number of carbonyl (C=O) groups is 2. The fourth-order valence-corrected chi connectivity index (χ4v) is 3.02. The van der Waals surface area contributed by atoms with Crippen molar-refractivity contribution in [1.82, 2.24) is 5.32 Å². The highest BCUT2D eigenvalue weighted by Gasteiger charge is 2.28. The van der Waals surface area contributed by atoms with Gasteiger partial charge in [-0.2, -0.15) is 0 Å². The number of benzene rings is 1. The minimum absolute atomic E-state index is 0.167. The zero-order valence-corrected chi connectivity index (χ0v) is 14.1. The molecule has 1 aliphatic rings. The van der Waals surface area contributed by atoms with E-state index < -0.39 is 5.97 Å². The molecule has 0 aromatic heterocycles. The van der Waals surface area contributed by atoms with Gasteiger partial charge in [-0.1, -0.05) is 32.8 Å². The molecule has 1 aromatic carbocycles. The van der Waals surface area contributed by atoms with E-state index in [0.29, 0.717) is 23.1 Å². The van der Waals surface area contributed by atoms with Crippen LogP contribution in [0.25, 0.3) is 0 Å². The van der Waals surface area contributed by atoms with Gasteiger partial charge in [0, 0.05) is 11.7 Å². The second kappa shape index (κ2) is 7.49. The Morgan fingerprint density at radius 1 is 1.30 bits per heavy atom. The first-order valence-corrected chi connectivity index (χ1v) is 8.21. The smallest absolute Gasteiger partial charge is 0.338 e. The third-order valence-corrected chi connectivity index (χ3v) is 4.90. The monoisotopic (exact) mass is 318 g/mol. The van der Waals surface area contributed by atoms with Gasteiger partial charge in [-0.3, -0.25) is 4.79 Å². The fraction of sp³-hybridized carbons (Fsp3) is 0.556. The molecule has 3 N–H and O–H groups in total. The zero-order chi connectivity index (χ0) is 17.0. The summed E-state index contributed by atoms with van der Waals surface area (Å²) in [4.78, 5) is 24.0. The third kappa shape index (κ3) is 4.47. The minimum Gasteiger partial charge on any atom is -0.452 e. The molecule has 1 aromatic rings. The molecule has 0 aliphatic heterocycles. The Balaban J connectivity index is 1.84. The third-order valence-electron chi connectivity index (χ3n) is 4.90. The number of ether oxygens (including phenoxy) is 1. The largest absolute Gasteiger partial charge is 0.452 e. The van der Waals surface area contributed by atoms with Gasteiger partial charge in [0.05, 0.1) is 5.56 Å². The van der Waals surface area contributed by atoms with Crippen molar-refractivity contribution in [1.29, 1.82) is 0 Å². The number of amides is 1. The average Bonchev–Trinajstić information content (AvgIpc) is 2.52. The molecule has 5 heteroatoms. The lowest BCUT2D eigenvalue weighted by molar-refractivity contribution is -0.125. The van der Waals surface area contributed by atoms with Gasteiger partial charge in [-0.05, 0) is 42.9 Å². The normalized spacial score (nSPS) is 24.0. The molecule has 1 amide bonds. The van der Waals surface area contributed by atoms with Crippen LogP contribution in [0.1, 0.15) is 49.0 Å². The summed E-state index contributed by atoms with van der Waals surface area (Å²) in [6.07, 6.45) is 3.32.